The van der Waals surface area contributed by atoms with Gasteiger partial charge in [-0.25, -0.2) is 0 Å². The highest BCUT2D eigenvalue weighted by Gasteiger charge is 2.50. The molecule has 1 aromatic rings. The molecule has 1 fully saturated rings. The molecule has 0 bridgehead atoms. The van der Waals surface area contributed by atoms with Crippen molar-refractivity contribution in [2.24, 2.45) is 0 Å². The first-order valence-electron chi connectivity index (χ1n) is 25.9. The third-order valence-corrected chi connectivity index (χ3v) is 12.1. The van der Waals surface area contributed by atoms with Gasteiger partial charge in [0.05, 0.1) is 6.10 Å². The molecule has 1 heterocycles. The van der Waals surface area contributed by atoms with Crippen LogP contribution in [0.2, 0.25) is 0 Å². The van der Waals surface area contributed by atoms with E-state index < -0.39 is 48.6 Å². The normalized spacial score (nSPS) is 18.4. The highest BCUT2D eigenvalue weighted by atomic mass is 16.7. The van der Waals surface area contributed by atoms with E-state index in [0.717, 1.165) is 44.2 Å². The molecule has 1 aliphatic rings. The van der Waals surface area contributed by atoms with Crippen LogP contribution in [0.5, 0.6) is 0 Å². The van der Waals surface area contributed by atoms with E-state index >= 15 is 0 Å². The van der Waals surface area contributed by atoms with Gasteiger partial charge in [-0.15, -0.1) is 0 Å². The summed E-state index contributed by atoms with van der Waals surface area (Å²) < 4.78 is 33.5. The van der Waals surface area contributed by atoms with E-state index in [4.69, 9.17) is 28.4 Å². The summed E-state index contributed by atoms with van der Waals surface area (Å²) in [6.07, 6.45) is 33.2. The summed E-state index contributed by atoms with van der Waals surface area (Å²) in [5.41, 5.74) is 1.05. The lowest BCUT2D eigenvalue weighted by molar-refractivity contribution is -0.300. The van der Waals surface area contributed by atoms with Crippen molar-refractivity contribution in [2.45, 2.75) is 258 Å². The molecule has 0 unspecified atom stereocenters. The number of esters is 4. The summed E-state index contributed by atoms with van der Waals surface area (Å²) in [5, 5.41) is 3.66. The van der Waals surface area contributed by atoms with Crippen molar-refractivity contribution >= 4 is 23.9 Å². The average molecular weight is 902 g/mol. The second-order valence-electron chi connectivity index (χ2n) is 18.2. The monoisotopic (exact) mass is 902 g/mol. The van der Waals surface area contributed by atoms with Crippen LogP contribution in [0, 0.1) is 0 Å². The predicted octanol–water partition coefficient (Wildman–Crippen LogP) is 12.6. The molecule has 0 aliphatic carbocycles. The maximum absolute atomic E-state index is 11.9. The second-order valence-corrected chi connectivity index (χ2v) is 18.2. The largest absolute Gasteiger partial charge is 0.461 e. The van der Waals surface area contributed by atoms with Gasteiger partial charge < -0.3 is 33.7 Å². The van der Waals surface area contributed by atoms with Gasteiger partial charge in [-0.1, -0.05) is 191 Å². The molecular formula is C53H91NO10. The summed E-state index contributed by atoms with van der Waals surface area (Å²) >= 11 is 0. The van der Waals surface area contributed by atoms with Crippen LogP contribution in [0.4, 0.5) is 0 Å². The fraction of sp³-hybridized carbons (Fsp3) is 0.811. The minimum Gasteiger partial charge on any atom is -0.461 e. The molecule has 0 aromatic heterocycles. The van der Waals surface area contributed by atoms with Gasteiger partial charge in [0, 0.05) is 33.8 Å². The molecule has 11 nitrogen and oxygen atoms in total. The topological polar surface area (TPSA) is 136 Å². The van der Waals surface area contributed by atoms with Crippen LogP contribution in [-0.4, -0.2) is 74.3 Å². The Bertz CT molecular complexity index is 1310. The summed E-state index contributed by atoms with van der Waals surface area (Å²) in [4.78, 5) is 47.3. The Morgan fingerprint density at radius 1 is 0.484 bits per heavy atom. The molecule has 0 saturated carbocycles. The molecule has 368 valence electrons. The van der Waals surface area contributed by atoms with E-state index in [0.29, 0.717) is 19.6 Å². The molecule has 0 radical (unpaired) electrons. The van der Waals surface area contributed by atoms with Gasteiger partial charge in [-0.2, -0.15) is 0 Å². The van der Waals surface area contributed by atoms with Crippen molar-refractivity contribution < 1.29 is 47.6 Å². The van der Waals surface area contributed by atoms with Gasteiger partial charge in [-0.05, 0) is 51.3 Å². The van der Waals surface area contributed by atoms with E-state index in [1.807, 2.05) is 30.3 Å². The van der Waals surface area contributed by atoms with Crippen LogP contribution in [0.15, 0.2) is 30.3 Å². The molecule has 1 aliphatic heterocycles. The number of rotatable bonds is 41. The maximum atomic E-state index is 11.9. The Kier molecular flexibility index (Phi) is 35.0. The fourth-order valence-corrected chi connectivity index (χ4v) is 8.53. The average Bonchev–Trinajstić information content (AvgIpc) is 3.26. The van der Waals surface area contributed by atoms with E-state index in [-0.39, 0.29) is 5.97 Å². The van der Waals surface area contributed by atoms with Gasteiger partial charge in [0.15, 0.2) is 24.6 Å². The Labute approximate surface area is 388 Å². The highest BCUT2D eigenvalue weighted by Crippen LogP contribution is 2.29. The summed E-state index contributed by atoms with van der Waals surface area (Å²) in [7, 11) is 0. The third kappa shape index (κ3) is 31.0. The Hall–Kier alpha value is -3.02. The quantitative estimate of drug-likeness (QED) is 0.0382. The van der Waals surface area contributed by atoms with E-state index in [1.54, 1.807) is 6.92 Å². The van der Waals surface area contributed by atoms with E-state index in [1.165, 1.54) is 181 Å². The SMILES string of the molecule is CC(=O)O[C@H]1[C@H](OC(C)=O)[C@@H](OCCCCCCCCCCCCCCCNCCCCCCCCCCCCCCCCCCC(=O)OCc2ccccc2)O[C@@H](C)[C@H]1OC(C)=O. The number of nitrogens with one attached hydrogen (secondary N) is 1. The molecule has 5 atom stereocenters. The Morgan fingerprint density at radius 3 is 1.30 bits per heavy atom. The zero-order valence-corrected chi connectivity index (χ0v) is 40.9. The van der Waals surface area contributed by atoms with Crippen LogP contribution in [-0.2, 0) is 54.2 Å². The fourth-order valence-electron chi connectivity index (χ4n) is 8.53. The summed E-state index contributed by atoms with van der Waals surface area (Å²) in [5.74, 6) is -1.77. The number of ether oxygens (including phenoxy) is 6. The van der Waals surface area contributed by atoms with Crippen molar-refractivity contribution in [3.63, 3.8) is 0 Å². The Balaban J connectivity index is 1.25. The third-order valence-electron chi connectivity index (χ3n) is 12.1. The number of carbonyl (C=O) groups is 4. The molecule has 2 rings (SSSR count). The molecule has 64 heavy (non-hydrogen) atoms. The van der Waals surface area contributed by atoms with Crippen molar-refractivity contribution in [3.05, 3.63) is 35.9 Å². The number of carbonyl (C=O) groups excluding carboxylic acids is 4. The molecule has 11 heteroatoms. The van der Waals surface area contributed by atoms with Gasteiger partial charge >= 0.3 is 23.9 Å². The first-order valence-corrected chi connectivity index (χ1v) is 25.9. The molecule has 1 N–H and O–H groups in total. The van der Waals surface area contributed by atoms with Crippen molar-refractivity contribution in [1.82, 2.24) is 5.32 Å². The standard InChI is InChI=1S/C53H91NO10/c1-44-50(62-45(2)55)51(63-46(3)56)52(64-47(4)57)53(61-44)59-42-36-29-25-21-17-13-9-12-16-20-24-28-35-41-54-40-34-27-23-19-15-11-8-6-5-7-10-14-18-22-26-33-39-49(58)60-43-48-37-31-30-32-38-48/h30-32,37-38,44,50-54H,5-29,33-36,39-43H2,1-4H3/t44-,50+,51+,52-,53-/m0/s1. The van der Waals surface area contributed by atoms with Crippen LogP contribution in [0.25, 0.3) is 0 Å². The van der Waals surface area contributed by atoms with Gasteiger partial charge in [0.1, 0.15) is 6.61 Å². The number of hydrogen-bond donors (Lipinski definition) is 1. The minimum absolute atomic E-state index is 0.0730. The van der Waals surface area contributed by atoms with Gasteiger partial charge in [0.25, 0.3) is 0 Å². The van der Waals surface area contributed by atoms with Crippen LogP contribution < -0.4 is 5.32 Å². The van der Waals surface area contributed by atoms with Crippen molar-refractivity contribution in [3.8, 4) is 0 Å². The van der Waals surface area contributed by atoms with Crippen LogP contribution in [0.1, 0.15) is 226 Å². The van der Waals surface area contributed by atoms with Gasteiger partial charge in [0.2, 0.25) is 0 Å². The number of hydrogen-bond acceptors (Lipinski definition) is 11. The van der Waals surface area contributed by atoms with E-state index in [9.17, 15) is 19.2 Å². The molecular weight excluding hydrogens is 811 g/mol. The summed E-state index contributed by atoms with van der Waals surface area (Å²) in [6.45, 7) is 8.64. The van der Waals surface area contributed by atoms with Crippen molar-refractivity contribution in [1.29, 1.82) is 0 Å². The first-order chi connectivity index (χ1) is 31.2. The Morgan fingerprint density at radius 2 is 0.859 bits per heavy atom. The lowest BCUT2D eigenvalue weighted by Crippen LogP contribution is -2.61. The van der Waals surface area contributed by atoms with Crippen LogP contribution in [0.3, 0.4) is 0 Å². The van der Waals surface area contributed by atoms with E-state index in [2.05, 4.69) is 5.32 Å². The smallest absolute Gasteiger partial charge is 0.306 e. The predicted molar refractivity (Wildman–Crippen MR) is 255 cm³/mol. The maximum Gasteiger partial charge on any atom is 0.306 e. The lowest BCUT2D eigenvalue weighted by Gasteiger charge is -2.43. The van der Waals surface area contributed by atoms with Crippen molar-refractivity contribution in [2.75, 3.05) is 19.7 Å². The molecule has 0 spiro atoms. The highest BCUT2D eigenvalue weighted by molar-refractivity contribution is 5.69. The lowest BCUT2D eigenvalue weighted by atomic mass is 9.99. The van der Waals surface area contributed by atoms with Crippen LogP contribution >= 0.6 is 0 Å². The minimum atomic E-state index is -1.04. The molecule has 1 saturated heterocycles. The summed E-state index contributed by atoms with van der Waals surface area (Å²) in [6, 6.07) is 9.89. The molecule has 0 amide bonds. The second kappa shape index (κ2) is 39.2. The number of unbranched alkanes of at least 4 members (excludes halogenated alkanes) is 27. The first kappa shape index (κ1) is 57.1. The van der Waals surface area contributed by atoms with Gasteiger partial charge in [-0.3, -0.25) is 19.2 Å². The number of benzene rings is 1. The zero-order valence-electron chi connectivity index (χ0n) is 40.9. The molecule has 1 aromatic carbocycles. The zero-order chi connectivity index (χ0) is 46.3.